The van der Waals surface area contributed by atoms with E-state index in [1.807, 2.05) is 13.8 Å². The Balaban J connectivity index is 2.31. The Morgan fingerprint density at radius 1 is 1.35 bits per heavy atom. The molecule has 1 amide bonds. The van der Waals surface area contributed by atoms with Crippen LogP contribution in [-0.4, -0.2) is 33.1 Å². The number of nitrogens with zero attached hydrogens (tertiary/aromatic N) is 1. The summed E-state index contributed by atoms with van der Waals surface area (Å²) in [5.74, 6) is -0.387. The lowest BCUT2D eigenvalue weighted by Crippen LogP contribution is -2.42. The Labute approximate surface area is 100 Å². The first-order valence-corrected chi connectivity index (χ1v) is 5.76. The molecule has 0 unspecified atom stereocenters. The summed E-state index contributed by atoms with van der Waals surface area (Å²) in [6.07, 6.45) is 1.95. The summed E-state index contributed by atoms with van der Waals surface area (Å²) >= 11 is 0. The number of rotatable bonds is 1. The SMILES string of the molecule is CC1(C)CCCN1C(=O)c1ccc(O)cc1O. The van der Waals surface area contributed by atoms with E-state index in [4.69, 9.17) is 0 Å². The van der Waals surface area contributed by atoms with Gasteiger partial charge in [-0.3, -0.25) is 4.79 Å². The van der Waals surface area contributed by atoms with Crippen LogP contribution in [0.2, 0.25) is 0 Å². The van der Waals surface area contributed by atoms with Gasteiger partial charge < -0.3 is 15.1 Å². The van der Waals surface area contributed by atoms with Crippen molar-refractivity contribution in [3.05, 3.63) is 23.8 Å². The molecule has 92 valence electrons. The third kappa shape index (κ3) is 2.07. The zero-order valence-corrected chi connectivity index (χ0v) is 10.1. The van der Waals surface area contributed by atoms with Gasteiger partial charge in [-0.2, -0.15) is 0 Å². The number of hydrogen-bond donors (Lipinski definition) is 2. The van der Waals surface area contributed by atoms with Crippen molar-refractivity contribution in [3.8, 4) is 11.5 Å². The highest BCUT2D eigenvalue weighted by Gasteiger charge is 2.36. The predicted molar refractivity (Wildman–Crippen MR) is 64.1 cm³/mol. The summed E-state index contributed by atoms with van der Waals surface area (Å²) in [7, 11) is 0. The van der Waals surface area contributed by atoms with Crippen LogP contribution in [0.4, 0.5) is 0 Å². The van der Waals surface area contributed by atoms with Crippen molar-refractivity contribution in [1.82, 2.24) is 4.90 Å². The number of carbonyl (C=O) groups is 1. The molecule has 0 radical (unpaired) electrons. The Bertz CT molecular complexity index is 454. The van der Waals surface area contributed by atoms with Crippen molar-refractivity contribution in [2.75, 3.05) is 6.54 Å². The molecule has 1 aliphatic heterocycles. The van der Waals surface area contributed by atoms with Crippen LogP contribution in [0.5, 0.6) is 11.5 Å². The van der Waals surface area contributed by atoms with Crippen LogP contribution < -0.4 is 0 Å². The van der Waals surface area contributed by atoms with Crippen molar-refractivity contribution in [3.63, 3.8) is 0 Å². The molecule has 1 fully saturated rings. The number of hydrogen-bond acceptors (Lipinski definition) is 3. The van der Waals surface area contributed by atoms with E-state index < -0.39 is 0 Å². The fourth-order valence-electron chi connectivity index (χ4n) is 2.33. The van der Waals surface area contributed by atoms with E-state index in [1.54, 1.807) is 4.90 Å². The number of amides is 1. The van der Waals surface area contributed by atoms with E-state index in [0.717, 1.165) is 12.8 Å². The molecular formula is C13H17NO3. The first kappa shape index (κ1) is 11.8. The van der Waals surface area contributed by atoms with E-state index in [9.17, 15) is 15.0 Å². The number of benzene rings is 1. The average molecular weight is 235 g/mol. The van der Waals surface area contributed by atoms with Gasteiger partial charge in [0.25, 0.3) is 5.91 Å². The molecule has 2 N–H and O–H groups in total. The topological polar surface area (TPSA) is 60.8 Å². The van der Waals surface area contributed by atoms with Crippen LogP contribution in [0.3, 0.4) is 0 Å². The van der Waals surface area contributed by atoms with Crippen LogP contribution in [0, 0.1) is 0 Å². The summed E-state index contributed by atoms with van der Waals surface area (Å²) < 4.78 is 0. The van der Waals surface area contributed by atoms with Gasteiger partial charge in [0, 0.05) is 18.2 Å². The van der Waals surface area contributed by atoms with Gasteiger partial charge in [-0.15, -0.1) is 0 Å². The van der Waals surface area contributed by atoms with Crippen molar-refractivity contribution in [2.45, 2.75) is 32.2 Å². The zero-order valence-electron chi connectivity index (χ0n) is 10.1. The quantitative estimate of drug-likeness (QED) is 0.783. The fraction of sp³-hybridized carbons (Fsp3) is 0.462. The van der Waals surface area contributed by atoms with Crippen molar-refractivity contribution < 1.29 is 15.0 Å². The highest BCUT2D eigenvalue weighted by molar-refractivity contribution is 5.97. The third-order valence-corrected chi connectivity index (χ3v) is 3.36. The fourth-order valence-corrected chi connectivity index (χ4v) is 2.33. The van der Waals surface area contributed by atoms with Gasteiger partial charge in [-0.05, 0) is 38.8 Å². The lowest BCUT2D eigenvalue weighted by atomic mass is 10.0. The van der Waals surface area contributed by atoms with Gasteiger partial charge in [0.15, 0.2) is 0 Å². The lowest BCUT2D eigenvalue weighted by Gasteiger charge is -2.31. The number of carbonyl (C=O) groups excluding carboxylic acids is 1. The molecule has 1 aromatic carbocycles. The molecule has 4 heteroatoms. The van der Waals surface area contributed by atoms with E-state index in [-0.39, 0.29) is 28.5 Å². The molecule has 2 rings (SSSR count). The normalized spacial score (nSPS) is 18.4. The first-order valence-electron chi connectivity index (χ1n) is 5.76. The summed E-state index contributed by atoms with van der Waals surface area (Å²) in [4.78, 5) is 14.1. The van der Waals surface area contributed by atoms with Gasteiger partial charge in [-0.1, -0.05) is 0 Å². The first-order chi connectivity index (χ1) is 7.92. The van der Waals surface area contributed by atoms with E-state index in [2.05, 4.69) is 0 Å². The summed E-state index contributed by atoms with van der Waals surface area (Å²) in [6.45, 7) is 4.76. The summed E-state index contributed by atoms with van der Waals surface area (Å²) in [5, 5.41) is 18.9. The molecule has 1 aromatic rings. The maximum atomic E-state index is 12.3. The second-order valence-electron chi connectivity index (χ2n) is 5.07. The largest absolute Gasteiger partial charge is 0.508 e. The van der Waals surface area contributed by atoms with Crippen LogP contribution in [-0.2, 0) is 0 Å². The average Bonchev–Trinajstić information content (AvgIpc) is 2.57. The van der Waals surface area contributed by atoms with Crippen molar-refractivity contribution in [2.24, 2.45) is 0 Å². The smallest absolute Gasteiger partial charge is 0.258 e. The number of phenolic OH excluding ortho intramolecular Hbond substituents is 2. The molecule has 0 aromatic heterocycles. The van der Waals surface area contributed by atoms with Gasteiger partial charge in [-0.25, -0.2) is 0 Å². The second-order valence-corrected chi connectivity index (χ2v) is 5.07. The molecule has 0 bridgehead atoms. The monoisotopic (exact) mass is 235 g/mol. The molecule has 4 nitrogen and oxygen atoms in total. The number of aromatic hydroxyl groups is 2. The molecule has 0 spiro atoms. The molecule has 1 aliphatic rings. The van der Waals surface area contributed by atoms with Crippen molar-refractivity contribution >= 4 is 5.91 Å². The van der Waals surface area contributed by atoms with Crippen LogP contribution in [0.1, 0.15) is 37.0 Å². The van der Waals surface area contributed by atoms with E-state index in [1.165, 1.54) is 18.2 Å². The van der Waals surface area contributed by atoms with Gasteiger partial charge in [0.1, 0.15) is 11.5 Å². The maximum Gasteiger partial charge on any atom is 0.258 e. The van der Waals surface area contributed by atoms with Gasteiger partial charge in [0.2, 0.25) is 0 Å². The Morgan fingerprint density at radius 2 is 2.06 bits per heavy atom. The third-order valence-electron chi connectivity index (χ3n) is 3.36. The highest BCUT2D eigenvalue weighted by Crippen LogP contribution is 2.32. The predicted octanol–water partition coefficient (Wildman–Crippen LogP) is 2.11. The minimum atomic E-state index is -0.176. The molecule has 1 saturated heterocycles. The molecule has 1 heterocycles. The standard InChI is InChI=1S/C13H17NO3/c1-13(2)6-3-7-14(13)12(17)10-5-4-9(15)8-11(10)16/h4-5,8,15-16H,3,6-7H2,1-2H3. The minimum Gasteiger partial charge on any atom is -0.508 e. The number of likely N-dealkylation sites (tertiary alicyclic amines) is 1. The highest BCUT2D eigenvalue weighted by atomic mass is 16.3. The van der Waals surface area contributed by atoms with Crippen LogP contribution >= 0.6 is 0 Å². The number of phenols is 2. The second kappa shape index (κ2) is 3.95. The van der Waals surface area contributed by atoms with Crippen LogP contribution in [0.15, 0.2) is 18.2 Å². The van der Waals surface area contributed by atoms with E-state index in [0.29, 0.717) is 6.54 Å². The lowest BCUT2D eigenvalue weighted by molar-refractivity contribution is 0.0649. The van der Waals surface area contributed by atoms with E-state index >= 15 is 0 Å². The van der Waals surface area contributed by atoms with Gasteiger partial charge >= 0.3 is 0 Å². The molecule has 0 saturated carbocycles. The summed E-state index contributed by atoms with van der Waals surface area (Å²) in [5.41, 5.74) is 0.0827. The molecule has 0 atom stereocenters. The Kier molecular flexibility index (Phi) is 2.73. The molecule has 17 heavy (non-hydrogen) atoms. The molecule has 0 aliphatic carbocycles. The minimum absolute atomic E-state index is 0.0419. The van der Waals surface area contributed by atoms with Gasteiger partial charge in [0.05, 0.1) is 5.56 Å². The van der Waals surface area contributed by atoms with Crippen LogP contribution in [0.25, 0.3) is 0 Å². The summed E-state index contributed by atoms with van der Waals surface area (Å²) in [6, 6.07) is 4.06. The maximum absolute atomic E-state index is 12.3. The zero-order chi connectivity index (χ0) is 12.6. The molecular weight excluding hydrogens is 218 g/mol. The van der Waals surface area contributed by atoms with Crippen molar-refractivity contribution in [1.29, 1.82) is 0 Å². The Morgan fingerprint density at radius 3 is 2.59 bits per heavy atom. The Hall–Kier alpha value is -1.71.